The molecular formula is C21H19BrO5. The van der Waals surface area contributed by atoms with Crippen LogP contribution in [0.2, 0.25) is 0 Å². The van der Waals surface area contributed by atoms with Crippen LogP contribution in [0, 0.1) is 6.92 Å². The molecule has 0 bridgehead atoms. The van der Waals surface area contributed by atoms with Gasteiger partial charge in [0, 0.05) is 10.0 Å². The van der Waals surface area contributed by atoms with Gasteiger partial charge in [-0.2, -0.15) is 0 Å². The smallest absolute Gasteiger partial charge is 0.344 e. The summed E-state index contributed by atoms with van der Waals surface area (Å²) in [6.07, 6.45) is 1.50. The van der Waals surface area contributed by atoms with Crippen molar-refractivity contribution >= 4 is 33.8 Å². The summed E-state index contributed by atoms with van der Waals surface area (Å²) in [7, 11) is 0. The number of carbonyl (C=O) groups is 2. The molecule has 1 aliphatic heterocycles. The minimum absolute atomic E-state index is 0.186. The molecule has 0 aliphatic carbocycles. The predicted octanol–water partition coefficient (Wildman–Crippen LogP) is 4.70. The lowest BCUT2D eigenvalue weighted by Gasteiger charge is -2.12. The van der Waals surface area contributed by atoms with Crippen molar-refractivity contribution in [3.8, 4) is 11.5 Å². The van der Waals surface area contributed by atoms with Crippen LogP contribution in [0.15, 0.2) is 46.6 Å². The third kappa shape index (κ3) is 4.22. The van der Waals surface area contributed by atoms with E-state index in [1.165, 1.54) is 0 Å². The van der Waals surface area contributed by atoms with Gasteiger partial charge in [0.2, 0.25) is 5.78 Å². The van der Waals surface area contributed by atoms with Gasteiger partial charge in [-0.1, -0.05) is 34.1 Å². The van der Waals surface area contributed by atoms with E-state index in [-0.39, 0.29) is 24.3 Å². The molecule has 3 rings (SSSR count). The number of carbonyl (C=O) groups excluding carboxylic acids is 2. The van der Waals surface area contributed by atoms with Crippen LogP contribution in [-0.4, -0.2) is 24.5 Å². The standard InChI is InChI=1S/C21H19BrO5/c1-12(2)26-19(23)11-25-17-9-8-15-20(24)18(27-21(15)13(17)3)10-14-6-4-5-7-16(14)22/h4-10,12H,11H2,1-3H3/b18-10-. The highest BCUT2D eigenvalue weighted by atomic mass is 79.9. The molecule has 1 aliphatic rings. The van der Waals surface area contributed by atoms with Gasteiger partial charge in [-0.15, -0.1) is 0 Å². The van der Waals surface area contributed by atoms with Crippen LogP contribution in [0.25, 0.3) is 6.08 Å². The van der Waals surface area contributed by atoms with Gasteiger partial charge in [-0.05, 0) is 50.6 Å². The largest absolute Gasteiger partial charge is 0.481 e. The molecule has 27 heavy (non-hydrogen) atoms. The Hall–Kier alpha value is -2.60. The number of rotatable bonds is 5. The van der Waals surface area contributed by atoms with E-state index < -0.39 is 5.97 Å². The molecule has 0 radical (unpaired) electrons. The topological polar surface area (TPSA) is 61.8 Å². The average molecular weight is 431 g/mol. The van der Waals surface area contributed by atoms with E-state index in [2.05, 4.69) is 15.9 Å². The highest BCUT2D eigenvalue weighted by Crippen LogP contribution is 2.39. The summed E-state index contributed by atoms with van der Waals surface area (Å²) in [5.41, 5.74) is 1.98. The molecule has 0 aromatic heterocycles. The summed E-state index contributed by atoms with van der Waals surface area (Å²) >= 11 is 3.46. The van der Waals surface area contributed by atoms with Crippen LogP contribution in [0.3, 0.4) is 0 Å². The second-order valence-corrected chi connectivity index (χ2v) is 7.21. The quantitative estimate of drug-likeness (QED) is 0.507. The Morgan fingerprint density at radius 2 is 1.96 bits per heavy atom. The third-order valence-corrected chi connectivity index (χ3v) is 4.66. The van der Waals surface area contributed by atoms with Gasteiger partial charge in [0.05, 0.1) is 11.7 Å². The van der Waals surface area contributed by atoms with Gasteiger partial charge in [-0.3, -0.25) is 4.79 Å². The zero-order valence-electron chi connectivity index (χ0n) is 15.2. The molecule has 0 N–H and O–H groups in total. The molecular weight excluding hydrogens is 412 g/mol. The van der Waals surface area contributed by atoms with Crippen molar-refractivity contribution in [2.75, 3.05) is 6.61 Å². The maximum absolute atomic E-state index is 12.6. The first kappa shape index (κ1) is 19.2. The Balaban J connectivity index is 1.82. The Labute approximate surface area is 166 Å². The molecule has 1 heterocycles. The van der Waals surface area contributed by atoms with E-state index in [1.807, 2.05) is 24.3 Å². The van der Waals surface area contributed by atoms with Crippen LogP contribution < -0.4 is 9.47 Å². The second kappa shape index (κ2) is 7.96. The molecule has 6 heteroatoms. The molecule has 0 unspecified atom stereocenters. The van der Waals surface area contributed by atoms with Crippen molar-refractivity contribution in [1.29, 1.82) is 0 Å². The van der Waals surface area contributed by atoms with Crippen molar-refractivity contribution in [1.82, 2.24) is 0 Å². The van der Waals surface area contributed by atoms with Gasteiger partial charge in [0.25, 0.3) is 0 Å². The molecule has 0 atom stereocenters. The summed E-state index contributed by atoms with van der Waals surface area (Å²) in [6, 6.07) is 10.9. The number of allylic oxidation sites excluding steroid dienone is 1. The molecule has 2 aromatic rings. The van der Waals surface area contributed by atoms with Crippen LogP contribution in [0.1, 0.15) is 35.3 Å². The highest BCUT2D eigenvalue weighted by molar-refractivity contribution is 9.10. The predicted molar refractivity (Wildman–Crippen MR) is 105 cm³/mol. The lowest BCUT2D eigenvalue weighted by molar-refractivity contribution is -0.149. The molecule has 0 amide bonds. The van der Waals surface area contributed by atoms with Crippen LogP contribution in [-0.2, 0) is 9.53 Å². The first-order valence-electron chi connectivity index (χ1n) is 8.51. The fraction of sp³-hybridized carbons (Fsp3) is 0.238. The minimum atomic E-state index is -0.448. The molecule has 0 fully saturated rings. The normalized spacial score (nSPS) is 14.3. The number of ether oxygens (including phenoxy) is 3. The van der Waals surface area contributed by atoms with Crippen molar-refractivity contribution in [2.45, 2.75) is 26.9 Å². The first-order valence-corrected chi connectivity index (χ1v) is 9.30. The Morgan fingerprint density at radius 1 is 1.22 bits per heavy atom. The molecule has 0 saturated heterocycles. The molecule has 5 nitrogen and oxygen atoms in total. The number of halogens is 1. The van der Waals surface area contributed by atoms with Gasteiger partial charge in [0.15, 0.2) is 12.4 Å². The Kier molecular flexibility index (Phi) is 5.65. The number of hydrogen-bond donors (Lipinski definition) is 0. The average Bonchev–Trinajstić information content (AvgIpc) is 2.93. The molecule has 140 valence electrons. The highest BCUT2D eigenvalue weighted by Gasteiger charge is 2.30. The summed E-state index contributed by atoms with van der Waals surface area (Å²) in [4.78, 5) is 24.3. The van der Waals surface area contributed by atoms with E-state index in [0.717, 1.165) is 10.0 Å². The van der Waals surface area contributed by atoms with E-state index in [1.54, 1.807) is 39.0 Å². The number of benzene rings is 2. The van der Waals surface area contributed by atoms with Crippen LogP contribution >= 0.6 is 15.9 Å². The zero-order valence-corrected chi connectivity index (χ0v) is 16.8. The maximum atomic E-state index is 12.6. The van der Waals surface area contributed by atoms with Crippen molar-refractivity contribution in [3.63, 3.8) is 0 Å². The number of hydrogen-bond acceptors (Lipinski definition) is 5. The van der Waals surface area contributed by atoms with Crippen LogP contribution in [0.4, 0.5) is 0 Å². The SMILES string of the molecule is Cc1c(OCC(=O)OC(C)C)ccc2c1O/C(=C\c1ccccc1Br)C2=O. The zero-order chi connectivity index (χ0) is 19.6. The second-order valence-electron chi connectivity index (χ2n) is 6.35. The van der Waals surface area contributed by atoms with E-state index in [0.29, 0.717) is 22.6 Å². The van der Waals surface area contributed by atoms with Gasteiger partial charge >= 0.3 is 5.97 Å². The third-order valence-electron chi connectivity index (χ3n) is 3.94. The Morgan fingerprint density at radius 3 is 2.67 bits per heavy atom. The fourth-order valence-corrected chi connectivity index (χ4v) is 3.09. The van der Waals surface area contributed by atoms with Gasteiger partial charge in [0.1, 0.15) is 11.5 Å². The number of fused-ring (bicyclic) bond motifs is 1. The first-order chi connectivity index (χ1) is 12.9. The van der Waals surface area contributed by atoms with E-state index in [9.17, 15) is 9.59 Å². The molecule has 2 aromatic carbocycles. The minimum Gasteiger partial charge on any atom is -0.481 e. The number of esters is 1. The number of Topliss-reactive ketones (excluding diaryl/α,β-unsaturated/α-hetero) is 1. The molecule has 0 spiro atoms. The monoisotopic (exact) mass is 430 g/mol. The van der Waals surface area contributed by atoms with Crippen molar-refractivity contribution < 1.29 is 23.8 Å². The Bertz CT molecular complexity index is 930. The lowest BCUT2D eigenvalue weighted by Crippen LogP contribution is -2.19. The van der Waals surface area contributed by atoms with Crippen molar-refractivity contribution in [3.05, 3.63) is 63.3 Å². The number of ketones is 1. The van der Waals surface area contributed by atoms with E-state index >= 15 is 0 Å². The van der Waals surface area contributed by atoms with Gasteiger partial charge < -0.3 is 14.2 Å². The van der Waals surface area contributed by atoms with Gasteiger partial charge in [-0.25, -0.2) is 4.79 Å². The summed E-state index contributed by atoms with van der Waals surface area (Å²) in [5.74, 6) is 0.542. The summed E-state index contributed by atoms with van der Waals surface area (Å²) < 4.78 is 17.3. The van der Waals surface area contributed by atoms with Crippen LogP contribution in [0.5, 0.6) is 11.5 Å². The van der Waals surface area contributed by atoms with E-state index in [4.69, 9.17) is 14.2 Å². The lowest BCUT2D eigenvalue weighted by atomic mass is 10.1. The summed E-state index contributed by atoms with van der Waals surface area (Å²) in [5, 5.41) is 0. The van der Waals surface area contributed by atoms with Crippen molar-refractivity contribution in [2.24, 2.45) is 0 Å². The molecule has 0 saturated carbocycles. The fourth-order valence-electron chi connectivity index (χ4n) is 2.69. The summed E-state index contributed by atoms with van der Waals surface area (Å²) in [6.45, 7) is 5.13. The maximum Gasteiger partial charge on any atom is 0.344 e.